The number of hydrogen-bond donors (Lipinski definition) is 3. The molecule has 0 aromatic heterocycles. The Morgan fingerprint density at radius 1 is 0.934 bits per heavy atom. The van der Waals surface area contributed by atoms with Gasteiger partial charge in [-0.3, -0.25) is 19.2 Å². The summed E-state index contributed by atoms with van der Waals surface area (Å²) in [7, 11) is 0. The van der Waals surface area contributed by atoms with Crippen LogP contribution in [0.25, 0.3) is 6.08 Å². The molecule has 2 aromatic carbocycles. The number of aliphatic hydroxyl groups excluding tert-OH is 1. The highest BCUT2D eigenvalue weighted by Crippen LogP contribution is 2.58. The normalized spacial score (nSPS) is 28.3. The smallest absolute Gasteiger partial charge is 0.348 e. The number of hydrogen-bond acceptors (Lipinski definition) is 13. The molecular formula is C46H59N3O12. The average Bonchev–Trinajstić information content (AvgIpc) is 3.89. The van der Waals surface area contributed by atoms with E-state index in [9.17, 15) is 29.1 Å². The van der Waals surface area contributed by atoms with Crippen LogP contribution in [0.5, 0.6) is 0 Å². The number of rotatable bonds is 19. The second kappa shape index (κ2) is 18.7. The van der Waals surface area contributed by atoms with Crippen molar-refractivity contribution < 1.29 is 57.6 Å². The Morgan fingerprint density at radius 3 is 2.38 bits per heavy atom. The Bertz CT molecular complexity index is 1980. The third-order valence-electron chi connectivity index (χ3n) is 12.6. The Morgan fingerprint density at radius 2 is 1.67 bits per heavy atom. The van der Waals surface area contributed by atoms with E-state index in [-0.39, 0.29) is 45.2 Å². The summed E-state index contributed by atoms with van der Waals surface area (Å²) in [5.74, 6) is -3.62. The minimum absolute atomic E-state index is 0.0366. The van der Waals surface area contributed by atoms with Crippen LogP contribution in [0.15, 0.2) is 54.6 Å². The second-order valence-electron chi connectivity index (χ2n) is 17.5. The van der Waals surface area contributed by atoms with E-state index in [1.54, 1.807) is 56.3 Å². The van der Waals surface area contributed by atoms with E-state index in [0.29, 0.717) is 35.1 Å². The molecule has 0 radical (unpaired) electrons. The van der Waals surface area contributed by atoms with E-state index in [0.717, 1.165) is 38.5 Å². The van der Waals surface area contributed by atoms with Crippen LogP contribution in [0.4, 0.5) is 0 Å². The maximum Gasteiger partial charge on any atom is 0.348 e. The molecule has 330 valence electrons. The Balaban J connectivity index is 1.18. The van der Waals surface area contributed by atoms with Gasteiger partial charge in [-0.1, -0.05) is 89.8 Å². The Kier molecular flexibility index (Phi) is 13.6. The number of hydroxylamine groups is 2. The van der Waals surface area contributed by atoms with Gasteiger partial charge in [-0.05, 0) is 47.7 Å². The van der Waals surface area contributed by atoms with Gasteiger partial charge in [-0.2, -0.15) is 5.06 Å². The van der Waals surface area contributed by atoms with E-state index < -0.39 is 77.0 Å². The highest BCUT2D eigenvalue weighted by molar-refractivity contribution is 5.95. The number of cyclic esters (lactones) is 1. The fourth-order valence-electron chi connectivity index (χ4n) is 9.39. The molecule has 0 spiro atoms. The summed E-state index contributed by atoms with van der Waals surface area (Å²) in [6.07, 6.45) is 5.96. The molecule has 2 aromatic rings. The summed E-state index contributed by atoms with van der Waals surface area (Å²) < 4.78 is 30.7. The fourth-order valence-corrected chi connectivity index (χ4v) is 9.39. The first kappa shape index (κ1) is 44.4. The van der Waals surface area contributed by atoms with Gasteiger partial charge in [-0.15, -0.1) is 0 Å². The number of ether oxygens (including phenoxy) is 5. The highest BCUT2D eigenvalue weighted by atomic mass is 16.8. The summed E-state index contributed by atoms with van der Waals surface area (Å²) in [6, 6.07) is 12.9. The molecule has 15 heteroatoms. The van der Waals surface area contributed by atoms with Crippen LogP contribution >= 0.6 is 0 Å². The number of nitrogens with one attached hydrogen (secondary N) is 2. The molecule has 2 bridgehead atoms. The third-order valence-corrected chi connectivity index (χ3v) is 12.6. The SMILES string of the molecule is CCCCCC1(CCCCC)O[C@@H]2[C@H](O1)[C@H]1ON(Cc3ccccc3C=CC(=O)O[C@H]3C(=O)OCC3(C)C)[C@H]3C(=O)O[C@@H]2C[C@@]13C(=O)NCc1cccc(C(=O)NCCO)c1. The van der Waals surface area contributed by atoms with E-state index in [1.807, 2.05) is 12.1 Å². The average molecular weight is 846 g/mol. The molecule has 4 heterocycles. The summed E-state index contributed by atoms with van der Waals surface area (Å²) in [4.78, 5) is 74.1. The van der Waals surface area contributed by atoms with Gasteiger partial charge in [0.2, 0.25) is 12.0 Å². The lowest BCUT2D eigenvalue weighted by molar-refractivity contribution is -0.224. The standard InChI is InChI=1S/C46H59N3O12/c1-5-7-11-20-45(21-12-8-6-2)59-35-33-25-46(43(55)48-26-29-14-13-17-31(24-29)40(52)47-22-23-50)37(41(53)57-33)49(61-38(46)36(35)60-45)27-32-16-10-9-15-30(32)18-19-34(51)58-39-42(54)56-28-44(39,3)4/h9-10,13-19,24,33,35-39,50H,5-8,11-12,20-23,25-28H2,1-4H3,(H,47,52)(H,48,55)/t33-,35+,36+,37+,38-,39+,46+/m1/s1. The molecule has 1 saturated carbocycles. The first-order valence-electron chi connectivity index (χ1n) is 21.7. The minimum Gasteiger partial charge on any atom is -0.462 e. The molecule has 5 fully saturated rings. The maximum absolute atomic E-state index is 15.0. The van der Waals surface area contributed by atoms with E-state index in [4.69, 9.17) is 28.5 Å². The summed E-state index contributed by atoms with van der Waals surface area (Å²) in [5, 5.41) is 16.4. The van der Waals surface area contributed by atoms with Gasteiger partial charge < -0.3 is 39.4 Å². The molecule has 1 aliphatic carbocycles. The number of carbonyl (C=O) groups excluding carboxylic acids is 5. The van der Waals surface area contributed by atoms with Crippen molar-refractivity contribution in [2.75, 3.05) is 19.8 Å². The molecular weight excluding hydrogens is 787 g/mol. The van der Waals surface area contributed by atoms with Gasteiger partial charge in [-0.25, -0.2) is 9.59 Å². The lowest BCUT2D eigenvalue weighted by Crippen LogP contribution is -2.69. The zero-order chi connectivity index (χ0) is 43.4. The highest BCUT2D eigenvalue weighted by Gasteiger charge is 2.76. The molecule has 4 saturated heterocycles. The first-order valence-corrected chi connectivity index (χ1v) is 21.7. The zero-order valence-electron chi connectivity index (χ0n) is 35.5. The lowest BCUT2D eigenvalue weighted by atomic mass is 9.62. The van der Waals surface area contributed by atoms with E-state index in [1.165, 1.54) is 11.1 Å². The largest absolute Gasteiger partial charge is 0.462 e. The lowest BCUT2D eigenvalue weighted by Gasteiger charge is -2.48. The van der Waals surface area contributed by atoms with Crippen LogP contribution in [0.1, 0.15) is 113 Å². The maximum atomic E-state index is 15.0. The van der Waals surface area contributed by atoms with Gasteiger partial charge in [0.1, 0.15) is 36.4 Å². The minimum atomic E-state index is -1.44. The van der Waals surface area contributed by atoms with Gasteiger partial charge in [0, 0.05) is 49.4 Å². The summed E-state index contributed by atoms with van der Waals surface area (Å²) >= 11 is 0. The molecule has 7 atom stereocenters. The number of aliphatic hydroxyl groups is 1. The second-order valence-corrected chi connectivity index (χ2v) is 17.5. The van der Waals surface area contributed by atoms with Crippen molar-refractivity contribution in [1.82, 2.24) is 15.7 Å². The van der Waals surface area contributed by atoms with Crippen LogP contribution in [-0.2, 0) is 60.8 Å². The van der Waals surface area contributed by atoms with Gasteiger partial charge in [0.25, 0.3) is 5.91 Å². The third kappa shape index (κ3) is 9.12. The van der Waals surface area contributed by atoms with Gasteiger partial charge >= 0.3 is 17.9 Å². The Labute approximate surface area is 356 Å². The number of amides is 2. The van der Waals surface area contributed by atoms with E-state index in [2.05, 4.69) is 24.5 Å². The van der Waals surface area contributed by atoms with Crippen molar-refractivity contribution in [3.05, 3.63) is 76.9 Å². The van der Waals surface area contributed by atoms with Crippen LogP contribution < -0.4 is 10.6 Å². The van der Waals surface area contributed by atoms with Crippen molar-refractivity contribution in [1.29, 1.82) is 0 Å². The Hall–Kier alpha value is -4.67. The molecule has 4 aliphatic heterocycles. The van der Waals surface area contributed by atoms with Crippen LogP contribution in [0.2, 0.25) is 0 Å². The molecule has 0 unspecified atom stereocenters. The van der Waals surface area contributed by atoms with Gasteiger partial charge in [0.05, 0.1) is 13.2 Å². The van der Waals surface area contributed by atoms with Crippen molar-refractivity contribution in [2.24, 2.45) is 10.8 Å². The van der Waals surface area contributed by atoms with Crippen LogP contribution in [-0.4, -0.2) is 102 Å². The van der Waals surface area contributed by atoms with Crippen LogP contribution in [0, 0.1) is 10.8 Å². The van der Waals surface area contributed by atoms with Crippen molar-refractivity contribution >= 4 is 35.8 Å². The summed E-state index contributed by atoms with van der Waals surface area (Å²) in [6.45, 7) is 8.01. The summed E-state index contributed by atoms with van der Waals surface area (Å²) in [5.41, 5.74) is 0.228. The molecule has 15 nitrogen and oxygen atoms in total. The van der Waals surface area contributed by atoms with E-state index >= 15 is 0 Å². The molecule has 2 amide bonds. The molecule has 5 aliphatic rings. The predicted octanol–water partition coefficient (Wildman–Crippen LogP) is 4.67. The number of benzene rings is 2. The molecule has 7 rings (SSSR count). The molecule has 3 N–H and O–H groups in total. The monoisotopic (exact) mass is 845 g/mol. The zero-order valence-corrected chi connectivity index (χ0v) is 35.5. The number of esters is 3. The number of nitrogens with zero attached hydrogens (tertiary/aromatic N) is 1. The first-order chi connectivity index (χ1) is 29.3. The molecule has 61 heavy (non-hydrogen) atoms. The van der Waals surface area contributed by atoms with Crippen LogP contribution in [0.3, 0.4) is 0 Å². The van der Waals surface area contributed by atoms with Crippen molar-refractivity contribution in [3.8, 4) is 0 Å². The number of carbonyl (C=O) groups is 5. The topological polar surface area (TPSA) is 188 Å². The fraction of sp³-hybridized carbons (Fsp3) is 0.587. The number of fused-ring (bicyclic) bond motifs is 4. The van der Waals surface area contributed by atoms with Crippen molar-refractivity contribution in [2.45, 2.75) is 141 Å². The van der Waals surface area contributed by atoms with Gasteiger partial charge in [0.15, 0.2) is 11.8 Å². The van der Waals surface area contributed by atoms with Crippen molar-refractivity contribution in [3.63, 3.8) is 0 Å². The predicted molar refractivity (Wildman–Crippen MR) is 220 cm³/mol. The quantitative estimate of drug-likeness (QED) is 0.0767. The number of unbranched alkanes of at least 4 members (excludes halogenated alkanes) is 4.